The lowest BCUT2D eigenvalue weighted by atomic mass is 9.82. The topological polar surface area (TPSA) is 78.4 Å². The molecule has 21 heavy (non-hydrogen) atoms. The molecule has 2 amide bonds. The first-order valence-electron chi connectivity index (χ1n) is 7.74. The highest BCUT2D eigenvalue weighted by atomic mass is 32.2. The largest absolute Gasteiger partial charge is 0.481 e. The van der Waals surface area contributed by atoms with Gasteiger partial charge in [-0.05, 0) is 31.9 Å². The van der Waals surface area contributed by atoms with Crippen LogP contribution in [0.1, 0.15) is 52.4 Å². The minimum atomic E-state index is -0.859. The molecular weight excluding hydrogens is 288 g/mol. The van der Waals surface area contributed by atoms with Crippen LogP contribution in [0.15, 0.2) is 0 Å². The standard InChI is InChI=1S/C15H28N2O3S/c1-4-14(5-2,12(18)19)10-16-13(20)17-11-15(21-3)8-6-7-9-15/h4-11H2,1-3H3,(H,18,19)(H2,16,17,20). The number of rotatable bonds is 8. The van der Waals surface area contributed by atoms with E-state index < -0.39 is 11.4 Å². The summed E-state index contributed by atoms with van der Waals surface area (Å²) in [5.41, 5.74) is -0.859. The normalized spacial score (nSPS) is 17.5. The van der Waals surface area contributed by atoms with Crippen molar-refractivity contribution in [3.05, 3.63) is 0 Å². The third-order valence-corrected chi connectivity index (χ3v) is 6.33. The average Bonchev–Trinajstić information content (AvgIpc) is 2.96. The van der Waals surface area contributed by atoms with Crippen LogP contribution in [0.25, 0.3) is 0 Å². The molecule has 0 bridgehead atoms. The minimum Gasteiger partial charge on any atom is -0.481 e. The smallest absolute Gasteiger partial charge is 0.314 e. The number of carbonyl (C=O) groups excluding carboxylic acids is 1. The Balaban J connectivity index is 2.45. The van der Waals surface area contributed by atoms with E-state index in [0.717, 1.165) is 12.8 Å². The molecule has 0 heterocycles. The average molecular weight is 316 g/mol. The predicted molar refractivity (Wildman–Crippen MR) is 86.8 cm³/mol. The zero-order chi connectivity index (χ0) is 15.9. The SMILES string of the molecule is CCC(CC)(CNC(=O)NCC1(SC)CCCC1)C(=O)O. The Morgan fingerprint density at radius 3 is 2.19 bits per heavy atom. The van der Waals surface area contributed by atoms with E-state index in [2.05, 4.69) is 16.9 Å². The summed E-state index contributed by atoms with van der Waals surface area (Å²) in [7, 11) is 0. The quantitative estimate of drug-likeness (QED) is 0.643. The predicted octanol–water partition coefficient (Wildman–Crippen LogP) is 2.85. The molecule has 0 atom stereocenters. The van der Waals surface area contributed by atoms with Gasteiger partial charge in [0.15, 0.2) is 0 Å². The number of hydrogen-bond donors (Lipinski definition) is 3. The van der Waals surface area contributed by atoms with E-state index in [0.29, 0.717) is 19.4 Å². The van der Waals surface area contributed by atoms with Crippen LogP contribution in [-0.2, 0) is 4.79 Å². The monoisotopic (exact) mass is 316 g/mol. The third kappa shape index (κ3) is 4.53. The van der Waals surface area contributed by atoms with E-state index in [9.17, 15) is 14.7 Å². The molecule has 0 unspecified atom stereocenters. The van der Waals surface area contributed by atoms with Crippen molar-refractivity contribution in [2.45, 2.75) is 57.1 Å². The Labute approximate surface area is 131 Å². The van der Waals surface area contributed by atoms with Crippen molar-refractivity contribution in [2.24, 2.45) is 5.41 Å². The summed E-state index contributed by atoms with van der Waals surface area (Å²) in [6.45, 7) is 4.52. The summed E-state index contributed by atoms with van der Waals surface area (Å²) in [5.74, 6) is -0.843. The van der Waals surface area contributed by atoms with E-state index in [1.54, 1.807) is 0 Å². The fourth-order valence-electron chi connectivity index (χ4n) is 2.90. The molecule has 5 nitrogen and oxygen atoms in total. The summed E-state index contributed by atoms with van der Waals surface area (Å²) >= 11 is 1.82. The van der Waals surface area contributed by atoms with Gasteiger partial charge in [-0.2, -0.15) is 11.8 Å². The number of carboxylic acid groups (broad SMARTS) is 1. The van der Waals surface area contributed by atoms with Crippen LogP contribution in [0.5, 0.6) is 0 Å². The van der Waals surface area contributed by atoms with Crippen LogP contribution in [0.4, 0.5) is 4.79 Å². The van der Waals surface area contributed by atoms with Crippen LogP contribution >= 0.6 is 11.8 Å². The van der Waals surface area contributed by atoms with Gasteiger partial charge in [0.2, 0.25) is 0 Å². The van der Waals surface area contributed by atoms with Crippen molar-refractivity contribution in [1.29, 1.82) is 0 Å². The maximum absolute atomic E-state index is 11.9. The number of urea groups is 1. The number of carboxylic acids is 1. The van der Waals surface area contributed by atoms with Gasteiger partial charge in [-0.25, -0.2) is 4.79 Å². The van der Waals surface area contributed by atoms with Crippen molar-refractivity contribution in [2.75, 3.05) is 19.3 Å². The molecule has 3 N–H and O–H groups in total. The summed E-state index contributed by atoms with van der Waals surface area (Å²) in [4.78, 5) is 23.3. The summed E-state index contributed by atoms with van der Waals surface area (Å²) in [5, 5.41) is 15.0. The van der Waals surface area contributed by atoms with E-state index in [-0.39, 0.29) is 17.3 Å². The molecule has 0 saturated heterocycles. The Kier molecular flexibility index (Phi) is 6.84. The van der Waals surface area contributed by atoms with Gasteiger partial charge in [-0.3, -0.25) is 4.79 Å². The van der Waals surface area contributed by atoms with Gasteiger partial charge in [0.1, 0.15) is 0 Å². The lowest BCUT2D eigenvalue weighted by Crippen LogP contribution is -2.48. The van der Waals surface area contributed by atoms with E-state index in [4.69, 9.17) is 0 Å². The van der Waals surface area contributed by atoms with Gasteiger partial charge in [-0.15, -0.1) is 0 Å². The van der Waals surface area contributed by atoms with Crippen LogP contribution in [0.2, 0.25) is 0 Å². The van der Waals surface area contributed by atoms with Crippen molar-refractivity contribution in [3.8, 4) is 0 Å². The number of hydrogen-bond acceptors (Lipinski definition) is 3. The molecule has 0 radical (unpaired) electrons. The second-order valence-electron chi connectivity index (χ2n) is 5.92. The van der Waals surface area contributed by atoms with Crippen molar-refractivity contribution < 1.29 is 14.7 Å². The molecule has 1 aliphatic carbocycles. The molecule has 0 aromatic rings. The van der Waals surface area contributed by atoms with Gasteiger partial charge in [0, 0.05) is 17.8 Å². The zero-order valence-corrected chi connectivity index (χ0v) is 14.1. The molecular formula is C15H28N2O3S. The number of thioether (sulfide) groups is 1. The van der Waals surface area contributed by atoms with Gasteiger partial charge in [0.25, 0.3) is 0 Å². The highest BCUT2D eigenvalue weighted by Crippen LogP contribution is 2.39. The third-order valence-electron chi connectivity index (χ3n) is 4.91. The van der Waals surface area contributed by atoms with Crippen molar-refractivity contribution in [1.82, 2.24) is 10.6 Å². The highest BCUT2D eigenvalue weighted by Gasteiger charge is 2.36. The van der Waals surface area contributed by atoms with Gasteiger partial charge >= 0.3 is 12.0 Å². The Hall–Kier alpha value is -0.910. The molecule has 1 rings (SSSR count). The highest BCUT2D eigenvalue weighted by molar-refractivity contribution is 8.00. The number of nitrogens with one attached hydrogen (secondary N) is 2. The first-order valence-corrected chi connectivity index (χ1v) is 8.96. The molecule has 122 valence electrons. The van der Waals surface area contributed by atoms with E-state index >= 15 is 0 Å². The van der Waals surface area contributed by atoms with E-state index in [1.807, 2.05) is 25.6 Å². The maximum atomic E-state index is 11.9. The fourth-order valence-corrected chi connectivity index (χ4v) is 3.82. The maximum Gasteiger partial charge on any atom is 0.314 e. The number of amides is 2. The first-order chi connectivity index (χ1) is 9.93. The van der Waals surface area contributed by atoms with Crippen LogP contribution in [-0.4, -0.2) is 41.2 Å². The Morgan fingerprint density at radius 1 is 1.19 bits per heavy atom. The van der Waals surface area contributed by atoms with Crippen LogP contribution in [0, 0.1) is 5.41 Å². The van der Waals surface area contributed by atoms with Gasteiger partial charge < -0.3 is 15.7 Å². The Morgan fingerprint density at radius 2 is 1.76 bits per heavy atom. The fraction of sp³-hybridized carbons (Fsp3) is 0.867. The number of carbonyl (C=O) groups is 2. The molecule has 0 aromatic heterocycles. The minimum absolute atomic E-state index is 0.163. The number of aliphatic carboxylic acids is 1. The van der Waals surface area contributed by atoms with E-state index in [1.165, 1.54) is 12.8 Å². The second kappa shape index (κ2) is 7.92. The summed E-state index contributed by atoms with van der Waals surface area (Å²) in [6.07, 6.45) is 7.82. The molecule has 0 aliphatic heterocycles. The lowest BCUT2D eigenvalue weighted by molar-refractivity contribution is -0.149. The summed E-state index contributed by atoms with van der Waals surface area (Å²) < 4.78 is 0.163. The second-order valence-corrected chi connectivity index (χ2v) is 7.20. The molecule has 1 fully saturated rings. The first kappa shape index (κ1) is 18.1. The zero-order valence-electron chi connectivity index (χ0n) is 13.3. The molecule has 1 saturated carbocycles. The molecule has 1 aliphatic rings. The Bertz CT molecular complexity index is 364. The van der Waals surface area contributed by atoms with Gasteiger partial charge in [-0.1, -0.05) is 26.7 Å². The molecule has 0 spiro atoms. The van der Waals surface area contributed by atoms with Crippen molar-refractivity contribution >= 4 is 23.8 Å². The van der Waals surface area contributed by atoms with Crippen molar-refractivity contribution in [3.63, 3.8) is 0 Å². The lowest BCUT2D eigenvalue weighted by Gasteiger charge is -2.29. The van der Waals surface area contributed by atoms with Crippen LogP contribution < -0.4 is 10.6 Å². The molecule has 0 aromatic carbocycles. The van der Waals surface area contributed by atoms with Gasteiger partial charge in [0.05, 0.1) is 5.41 Å². The summed E-state index contributed by atoms with van der Waals surface area (Å²) in [6, 6.07) is -0.261. The molecule has 6 heteroatoms. The van der Waals surface area contributed by atoms with Crippen LogP contribution in [0.3, 0.4) is 0 Å².